The molecule has 1 N–H and O–H groups in total. The average Bonchev–Trinajstić information content (AvgIpc) is 2.25. The Morgan fingerprint density at radius 3 is 2.06 bits per heavy atom. The molecule has 0 aromatic heterocycles. The molecule has 0 amide bonds. The second-order valence-electron chi connectivity index (χ2n) is 6.54. The zero-order chi connectivity index (χ0) is 13.1. The molecule has 1 unspecified atom stereocenters. The largest absolute Gasteiger partial charge is 0.396 e. The molecule has 96 valence electrons. The molecule has 1 nitrogen and oxygen atoms in total. The van der Waals surface area contributed by atoms with Gasteiger partial charge in [0.25, 0.3) is 0 Å². The lowest BCUT2D eigenvalue weighted by Gasteiger charge is -2.42. The van der Waals surface area contributed by atoms with E-state index in [1.165, 1.54) is 5.56 Å². The third-order valence-electron chi connectivity index (χ3n) is 4.50. The summed E-state index contributed by atoms with van der Waals surface area (Å²) in [6.07, 6.45) is 1.01. The normalized spacial score (nSPS) is 14.7. The van der Waals surface area contributed by atoms with Gasteiger partial charge >= 0.3 is 0 Å². The summed E-state index contributed by atoms with van der Waals surface area (Å²) in [6, 6.07) is 10.5. The number of benzene rings is 1. The molecule has 0 radical (unpaired) electrons. The van der Waals surface area contributed by atoms with Crippen LogP contribution in [0.1, 0.15) is 26.3 Å². The highest BCUT2D eigenvalue weighted by Crippen LogP contribution is 2.44. The van der Waals surface area contributed by atoms with Crippen LogP contribution in [0.5, 0.6) is 0 Å². The van der Waals surface area contributed by atoms with Gasteiger partial charge in [0.05, 0.1) is 8.07 Å². The predicted octanol–water partition coefficient (Wildman–Crippen LogP) is 4.10. The minimum Gasteiger partial charge on any atom is -0.396 e. The molecule has 1 aromatic carbocycles. The summed E-state index contributed by atoms with van der Waals surface area (Å²) >= 11 is 0. The highest BCUT2D eigenvalue weighted by molar-refractivity contribution is 6.81. The fourth-order valence-electron chi connectivity index (χ4n) is 2.06. The van der Waals surface area contributed by atoms with Gasteiger partial charge in [-0.1, -0.05) is 64.2 Å². The van der Waals surface area contributed by atoms with Crippen LogP contribution in [0.3, 0.4) is 0 Å². The van der Waals surface area contributed by atoms with E-state index in [9.17, 15) is 5.11 Å². The molecule has 0 heterocycles. The van der Waals surface area contributed by atoms with Crippen molar-refractivity contribution < 1.29 is 5.11 Å². The van der Waals surface area contributed by atoms with Crippen LogP contribution in [0.25, 0.3) is 0 Å². The Hall–Kier alpha value is -0.603. The van der Waals surface area contributed by atoms with Crippen LogP contribution in [0.15, 0.2) is 30.3 Å². The molecule has 0 aliphatic carbocycles. The Labute approximate surface area is 107 Å². The van der Waals surface area contributed by atoms with Crippen molar-refractivity contribution >= 4 is 8.07 Å². The maximum Gasteiger partial charge on any atom is 0.0587 e. The van der Waals surface area contributed by atoms with Gasteiger partial charge in [0.2, 0.25) is 0 Å². The lowest BCUT2D eigenvalue weighted by atomic mass is 10.1. The van der Waals surface area contributed by atoms with Gasteiger partial charge in [-0.25, -0.2) is 0 Å². The number of aliphatic hydroxyl groups is 1. The van der Waals surface area contributed by atoms with Crippen molar-refractivity contribution in [1.82, 2.24) is 0 Å². The van der Waals surface area contributed by atoms with E-state index in [4.69, 9.17) is 0 Å². The van der Waals surface area contributed by atoms with Crippen molar-refractivity contribution in [2.75, 3.05) is 6.61 Å². The van der Waals surface area contributed by atoms with Crippen LogP contribution in [0.2, 0.25) is 23.7 Å². The van der Waals surface area contributed by atoms with Gasteiger partial charge < -0.3 is 5.11 Å². The Morgan fingerprint density at radius 2 is 1.65 bits per heavy atom. The van der Waals surface area contributed by atoms with E-state index in [-0.39, 0.29) is 0 Å². The zero-order valence-corrected chi connectivity index (χ0v) is 12.8. The minimum atomic E-state index is -1.47. The minimum absolute atomic E-state index is 0.311. The number of aliphatic hydroxyl groups excluding tert-OH is 1. The van der Waals surface area contributed by atoms with E-state index in [1.54, 1.807) is 0 Å². The second kappa shape index (κ2) is 5.36. The summed E-state index contributed by atoms with van der Waals surface area (Å²) in [6.45, 7) is 12.0. The lowest BCUT2D eigenvalue weighted by molar-refractivity contribution is 0.282. The first-order valence-electron chi connectivity index (χ1n) is 6.44. The van der Waals surface area contributed by atoms with Gasteiger partial charge in [0.15, 0.2) is 0 Å². The molecule has 1 aromatic rings. The summed E-state index contributed by atoms with van der Waals surface area (Å²) in [5.41, 5.74) is 1.78. The van der Waals surface area contributed by atoms with E-state index in [2.05, 4.69) is 58.1 Å². The molecular weight excluding hydrogens is 224 g/mol. The molecular formula is C15H26OSi. The quantitative estimate of drug-likeness (QED) is 0.798. The van der Waals surface area contributed by atoms with E-state index in [0.29, 0.717) is 17.2 Å². The van der Waals surface area contributed by atoms with Crippen molar-refractivity contribution in [3.63, 3.8) is 0 Å². The molecule has 2 heteroatoms. The molecule has 0 aliphatic heterocycles. The average molecular weight is 250 g/mol. The standard InChI is InChI=1S/C15H26OSi/c1-15(2,3)17(4,5)14(12-16)11-13-9-7-6-8-10-13/h6-10,14,16H,11-12H2,1-5H3. The Kier molecular flexibility index (Phi) is 4.56. The molecule has 17 heavy (non-hydrogen) atoms. The lowest BCUT2D eigenvalue weighted by Crippen LogP contribution is -2.44. The fourth-order valence-corrected chi connectivity index (χ4v) is 4.49. The van der Waals surface area contributed by atoms with Gasteiger partial charge in [-0.15, -0.1) is 0 Å². The van der Waals surface area contributed by atoms with Crippen LogP contribution in [-0.2, 0) is 6.42 Å². The molecule has 0 spiro atoms. The second-order valence-corrected chi connectivity index (χ2v) is 12.3. The van der Waals surface area contributed by atoms with Gasteiger partial charge in [0.1, 0.15) is 0 Å². The van der Waals surface area contributed by atoms with Crippen molar-refractivity contribution in [3.05, 3.63) is 35.9 Å². The maximum absolute atomic E-state index is 9.72. The van der Waals surface area contributed by atoms with E-state index in [0.717, 1.165) is 6.42 Å². The van der Waals surface area contributed by atoms with Crippen LogP contribution < -0.4 is 0 Å². The SMILES string of the molecule is CC(C)(C)[Si](C)(C)C(CO)Cc1ccccc1. The fraction of sp³-hybridized carbons (Fsp3) is 0.600. The van der Waals surface area contributed by atoms with Gasteiger partial charge in [-0.2, -0.15) is 0 Å². The Morgan fingerprint density at radius 1 is 1.12 bits per heavy atom. The van der Waals surface area contributed by atoms with Crippen LogP contribution in [0.4, 0.5) is 0 Å². The van der Waals surface area contributed by atoms with Gasteiger partial charge in [0, 0.05) is 6.61 Å². The van der Waals surface area contributed by atoms with Crippen LogP contribution in [0, 0.1) is 0 Å². The smallest absolute Gasteiger partial charge is 0.0587 e. The van der Waals surface area contributed by atoms with Crippen molar-refractivity contribution in [3.8, 4) is 0 Å². The monoisotopic (exact) mass is 250 g/mol. The highest BCUT2D eigenvalue weighted by atomic mass is 28.3. The van der Waals surface area contributed by atoms with Crippen molar-refractivity contribution in [2.24, 2.45) is 0 Å². The zero-order valence-electron chi connectivity index (χ0n) is 11.8. The third kappa shape index (κ3) is 3.43. The van der Waals surface area contributed by atoms with Gasteiger partial charge in [-0.05, 0) is 22.6 Å². The summed E-state index contributed by atoms with van der Waals surface area (Å²) < 4.78 is 0. The maximum atomic E-state index is 9.72. The highest BCUT2D eigenvalue weighted by Gasteiger charge is 2.41. The first-order chi connectivity index (χ1) is 7.79. The summed E-state index contributed by atoms with van der Waals surface area (Å²) in [5.74, 6) is 0. The molecule has 1 atom stereocenters. The summed E-state index contributed by atoms with van der Waals surface area (Å²) in [5, 5.41) is 10.0. The molecule has 0 aliphatic rings. The number of hydrogen-bond acceptors (Lipinski definition) is 1. The first kappa shape index (κ1) is 14.5. The van der Waals surface area contributed by atoms with Crippen molar-refractivity contribution in [2.45, 2.75) is 50.9 Å². The Bertz CT molecular complexity index is 338. The number of rotatable bonds is 4. The predicted molar refractivity (Wildman–Crippen MR) is 78.2 cm³/mol. The molecule has 0 saturated heterocycles. The van der Waals surface area contributed by atoms with E-state index < -0.39 is 8.07 Å². The summed E-state index contributed by atoms with van der Waals surface area (Å²) in [4.78, 5) is 0. The molecule has 0 bridgehead atoms. The first-order valence-corrected chi connectivity index (χ1v) is 9.51. The molecule has 0 saturated carbocycles. The molecule has 1 rings (SSSR count). The van der Waals surface area contributed by atoms with Crippen LogP contribution in [-0.4, -0.2) is 19.8 Å². The Balaban J connectivity index is 2.86. The van der Waals surface area contributed by atoms with E-state index >= 15 is 0 Å². The summed E-state index contributed by atoms with van der Waals surface area (Å²) in [7, 11) is -1.47. The van der Waals surface area contributed by atoms with Crippen molar-refractivity contribution in [1.29, 1.82) is 0 Å². The van der Waals surface area contributed by atoms with E-state index in [1.807, 2.05) is 6.07 Å². The topological polar surface area (TPSA) is 20.2 Å². The molecule has 0 fully saturated rings. The van der Waals surface area contributed by atoms with Gasteiger partial charge in [-0.3, -0.25) is 0 Å². The number of hydrogen-bond donors (Lipinski definition) is 1. The third-order valence-corrected chi connectivity index (χ3v) is 10.8. The van der Waals surface area contributed by atoms with Crippen LogP contribution >= 0.6 is 0 Å².